The summed E-state index contributed by atoms with van der Waals surface area (Å²) in [6.45, 7) is 11.0. The number of H-pyrrole nitrogens is 1. The molecule has 1 aromatic heterocycles. The lowest BCUT2D eigenvalue weighted by Crippen LogP contribution is -2.26. The highest BCUT2D eigenvalue weighted by atomic mass is 15.5. The van der Waals surface area contributed by atoms with Crippen molar-refractivity contribution in [2.75, 3.05) is 13.1 Å². The van der Waals surface area contributed by atoms with Crippen LogP contribution >= 0.6 is 0 Å². The fourth-order valence-electron chi connectivity index (χ4n) is 2.45. The molecular formula is C16H23N5. The van der Waals surface area contributed by atoms with Gasteiger partial charge >= 0.3 is 0 Å². The molecule has 0 fully saturated rings. The smallest absolute Gasteiger partial charge is 0.175 e. The molecule has 1 heterocycles. The average Bonchev–Trinajstić information content (AvgIpc) is 2.98. The molecule has 0 amide bonds. The predicted octanol–water partition coefficient (Wildman–Crippen LogP) is 2.55. The number of nitrogens with one attached hydrogen (secondary N) is 1. The Hall–Kier alpha value is -2.01. The summed E-state index contributed by atoms with van der Waals surface area (Å²) >= 11 is 0. The van der Waals surface area contributed by atoms with E-state index in [-0.39, 0.29) is 0 Å². The zero-order chi connectivity index (χ0) is 15.1. The number of benzene rings is 1. The van der Waals surface area contributed by atoms with Gasteiger partial charge in [-0.25, -0.2) is 0 Å². The van der Waals surface area contributed by atoms with Gasteiger partial charge in [-0.3, -0.25) is 4.90 Å². The zero-order valence-electron chi connectivity index (χ0n) is 12.8. The summed E-state index contributed by atoms with van der Waals surface area (Å²) in [6.07, 6.45) is 2.72. The molecule has 0 atom stereocenters. The molecule has 1 aromatic carbocycles. The Kier molecular flexibility index (Phi) is 5.63. The Balaban J connectivity index is 2.03. The monoisotopic (exact) mass is 285 g/mol. The van der Waals surface area contributed by atoms with Crippen LogP contribution in [0.3, 0.4) is 0 Å². The van der Waals surface area contributed by atoms with Gasteiger partial charge in [0.25, 0.3) is 0 Å². The fourth-order valence-corrected chi connectivity index (χ4v) is 2.45. The molecule has 1 N–H and O–H groups in total. The SMILES string of the molecule is C=CCN(CCc1nn[nH]n1)Cc1ccccc1C(C)C. The third kappa shape index (κ3) is 4.49. The maximum atomic E-state index is 4.00. The van der Waals surface area contributed by atoms with Crippen molar-refractivity contribution in [3.05, 3.63) is 53.9 Å². The standard InChI is InChI=1S/C16H23N5/c1-4-10-21(11-9-16-17-19-20-18-16)12-14-7-5-6-8-15(14)13(2)3/h4-8,13H,1,9-12H2,2-3H3,(H,17,18,19,20). The first-order valence-corrected chi connectivity index (χ1v) is 7.34. The Labute approximate surface area is 126 Å². The lowest BCUT2D eigenvalue weighted by molar-refractivity contribution is 0.295. The van der Waals surface area contributed by atoms with Gasteiger partial charge in [-0.05, 0) is 17.0 Å². The van der Waals surface area contributed by atoms with Crippen LogP contribution in [0.4, 0.5) is 0 Å². The number of nitrogens with zero attached hydrogens (tertiary/aromatic N) is 4. The van der Waals surface area contributed by atoms with Gasteiger partial charge in [0, 0.05) is 26.1 Å². The third-order valence-corrected chi connectivity index (χ3v) is 3.50. The summed E-state index contributed by atoms with van der Waals surface area (Å²) in [5, 5.41) is 14.1. The highest BCUT2D eigenvalue weighted by Crippen LogP contribution is 2.20. The first-order valence-electron chi connectivity index (χ1n) is 7.34. The number of hydrogen-bond donors (Lipinski definition) is 1. The lowest BCUT2D eigenvalue weighted by Gasteiger charge is -2.22. The van der Waals surface area contributed by atoms with Crippen molar-refractivity contribution in [2.45, 2.75) is 32.7 Å². The highest BCUT2D eigenvalue weighted by Gasteiger charge is 2.11. The van der Waals surface area contributed by atoms with Gasteiger partial charge < -0.3 is 0 Å². The molecule has 0 aliphatic rings. The van der Waals surface area contributed by atoms with Crippen molar-refractivity contribution in [3.8, 4) is 0 Å². The van der Waals surface area contributed by atoms with Gasteiger partial charge in [-0.15, -0.1) is 16.8 Å². The number of hydrogen-bond acceptors (Lipinski definition) is 4. The number of tetrazole rings is 1. The predicted molar refractivity (Wildman–Crippen MR) is 83.9 cm³/mol. The Morgan fingerprint density at radius 1 is 1.33 bits per heavy atom. The van der Waals surface area contributed by atoms with Gasteiger partial charge in [-0.2, -0.15) is 5.21 Å². The molecule has 0 saturated carbocycles. The van der Waals surface area contributed by atoms with E-state index in [1.807, 2.05) is 6.08 Å². The molecule has 0 bridgehead atoms. The maximum Gasteiger partial charge on any atom is 0.175 e. The fraction of sp³-hybridized carbons (Fsp3) is 0.438. The van der Waals surface area contributed by atoms with E-state index in [0.29, 0.717) is 5.92 Å². The van der Waals surface area contributed by atoms with E-state index in [9.17, 15) is 0 Å². The summed E-state index contributed by atoms with van der Waals surface area (Å²) in [7, 11) is 0. The molecule has 0 unspecified atom stereocenters. The molecule has 2 aromatic rings. The molecule has 0 spiro atoms. The van der Waals surface area contributed by atoms with Crippen molar-refractivity contribution in [1.29, 1.82) is 0 Å². The third-order valence-electron chi connectivity index (χ3n) is 3.50. The van der Waals surface area contributed by atoms with Crippen LogP contribution in [0.25, 0.3) is 0 Å². The second-order valence-electron chi connectivity index (χ2n) is 5.46. The van der Waals surface area contributed by atoms with Crippen LogP contribution in [0.15, 0.2) is 36.9 Å². The first kappa shape index (κ1) is 15.4. The van der Waals surface area contributed by atoms with Crippen molar-refractivity contribution in [1.82, 2.24) is 25.5 Å². The number of aromatic amines is 1. The summed E-state index contributed by atoms with van der Waals surface area (Å²) in [5.41, 5.74) is 2.79. The summed E-state index contributed by atoms with van der Waals surface area (Å²) in [6, 6.07) is 8.63. The normalized spacial score (nSPS) is 11.2. The summed E-state index contributed by atoms with van der Waals surface area (Å²) < 4.78 is 0. The van der Waals surface area contributed by atoms with E-state index in [1.54, 1.807) is 0 Å². The van der Waals surface area contributed by atoms with Crippen LogP contribution < -0.4 is 0 Å². The van der Waals surface area contributed by atoms with E-state index in [1.165, 1.54) is 11.1 Å². The molecule has 21 heavy (non-hydrogen) atoms. The molecule has 112 valence electrons. The molecule has 0 aliphatic carbocycles. The van der Waals surface area contributed by atoms with E-state index in [2.05, 4.69) is 70.2 Å². The molecule has 0 aliphatic heterocycles. The largest absolute Gasteiger partial charge is 0.295 e. The molecule has 5 nitrogen and oxygen atoms in total. The van der Waals surface area contributed by atoms with Crippen molar-refractivity contribution in [2.24, 2.45) is 0 Å². The van der Waals surface area contributed by atoms with E-state index in [0.717, 1.165) is 31.9 Å². The van der Waals surface area contributed by atoms with Crippen LogP contribution in [-0.2, 0) is 13.0 Å². The van der Waals surface area contributed by atoms with Crippen LogP contribution in [-0.4, -0.2) is 38.6 Å². The van der Waals surface area contributed by atoms with Crippen LogP contribution in [0.5, 0.6) is 0 Å². The van der Waals surface area contributed by atoms with E-state index in [4.69, 9.17) is 0 Å². The topological polar surface area (TPSA) is 57.7 Å². The van der Waals surface area contributed by atoms with Gasteiger partial charge in [0.2, 0.25) is 0 Å². The Morgan fingerprint density at radius 2 is 2.14 bits per heavy atom. The zero-order valence-corrected chi connectivity index (χ0v) is 12.8. The number of rotatable bonds is 8. The van der Waals surface area contributed by atoms with Gasteiger partial charge in [0.1, 0.15) is 0 Å². The Morgan fingerprint density at radius 3 is 2.81 bits per heavy atom. The van der Waals surface area contributed by atoms with Crippen LogP contribution in [0, 0.1) is 0 Å². The van der Waals surface area contributed by atoms with Crippen molar-refractivity contribution in [3.63, 3.8) is 0 Å². The minimum Gasteiger partial charge on any atom is -0.295 e. The maximum absolute atomic E-state index is 4.00. The first-order chi connectivity index (χ1) is 10.2. The minimum absolute atomic E-state index is 0.531. The average molecular weight is 285 g/mol. The minimum atomic E-state index is 0.531. The summed E-state index contributed by atoms with van der Waals surface area (Å²) in [5.74, 6) is 1.28. The molecular weight excluding hydrogens is 262 g/mol. The number of aromatic nitrogens is 4. The van der Waals surface area contributed by atoms with Crippen molar-refractivity contribution >= 4 is 0 Å². The highest BCUT2D eigenvalue weighted by molar-refractivity contribution is 5.29. The van der Waals surface area contributed by atoms with E-state index >= 15 is 0 Å². The van der Waals surface area contributed by atoms with E-state index < -0.39 is 0 Å². The Bertz CT molecular complexity index is 548. The lowest BCUT2D eigenvalue weighted by atomic mass is 9.97. The molecule has 0 saturated heterocycles. The van der Waals surface area contributed by atoms with Gasteiger partial charge in [-0.1, -0.05) is 49.4 Å². The second kappa shape index (κ2) is 7.69. The quantitative estimate of drug-likeness (QED) is 0.757. The van der Waals surface area contributed by atoms with Gasteiger partial charge in [0.05, 0.1) is 0 Å². The molecule has 0 radical (unpaired) electrons. The van der Waals surface area contributed by atoms with Crippen LogP contribution in [0.2, 0.25) is 0 Å². The molecule has 2 rings (SSSR count). The summed E-state index contributed by atoms with van der Waals surface area (Å²) in [4.78, 5) is 2.35. The van der Waals surface area contributed by atoms with Crippen molar-refractivity contribution < 1.29 is 0 Å². The second-order valence-corrected chi connectivity index (χ2v) is 5.46. The van der Waals surface area contributed by atoms with Gasteiger partial charge in [0.15, 0.2) is 5.82 Å². The molecule has 5 heteroatoms. The van der Waals surface area contributed by atoms with Crippen LogP contribution in [0.1, 0.15) is 36.7 Å².